The molecular formula is C16H10Br4ClKN2. The van der Waals surface area contributed by atoms with Crippen LogP contribution in [0.25, 0.3) is 0 Å². The Hall–Kier alpha value is 1.27. The molecule has 0 unspecified atom stereocenters. The predicted octanol–water partition coefficient (Wildman–Crippen LogP) is 4.33. The molecule has 0 aliphatic heterocycles. The van der Waals surface area contributed by atoms with Crippen LogP contribution in [-0.4, -0.2) is 0 Å². The third-order valence-corrected chi connectivity index (χ3v) is 4.42. The van der Waals surface area contributed by atoms with E-state index in [1.807, 2.05) is 36.4 Å². The minimum absolute atomic E-state index is 0. The van der Waals surface area contributed by atoms with Crippen LogP contribution in [0.1, 0.15) is 11.1 Å². The summed E-state index contributed by atoms with van der Waals surface area (Å²) < 4.78 is 4.10. The largest absolute Gasteiger partial charge is 1.00 e. The van der Waals surface area contributed by atoms with E-state index in [-0.39, 0.29) is 51.4 Å². The quantitative estimate of drug-likeness (QED) is 0.284. The van der Waals surface area contributed by atoms with Crippen molar-refractivity contribution in [1.82, 2.24) is 0 Å². The number of benzene rings is 2. The van der Waals surface area contributed by atoms with Gasteiger partial charge in [-0.05, 0) is 47.5 Å². The first-order valence-electron chi connectivity index (χ1n) is 6.00. The Kier molecular flexibility index (Phi) is 18.8. The molecule has 0 heterocycles. The van der Waals surface area contributed by atoms with E-state index < -0.39 is 0 Å². The maximum Gasteiger partial charge on any atom is 1.00 e. The summed E-state index contributed by atoms with van der Waals surface area (Å²) in [5, 5.41) is 14.7. The van der Waals surface area contributed by atoms with Gasteiger partial charge >= 0.3 is 51.4 Å². The molecule has 0 N–H and O–H groups in total. The number of nitrogens with zero attached hydrogens (tertiary/aromatic N) is 2. The van der Waals surface area contributed by atoms with Gasteiger partial charge in [-0.15, -0.1) is 11.6 Å². The second-order valence-electron chi connectivity index (χ2n) is 4.02. The van der Waals surface area contributed by atoms with Gasteiger partial charge in [-0.25, -0.2) is 0 Å². The summed E-state index contributed by atoms with van der Waals surface area (Å²) in [6, 6.07) is 13.9. The molecule has 8 heteroatoms. The second-order valence-corrected chi connectivity index (χ2v) is 7.95. The Morgan fingerprint density at radius 1 is 0.792 bits per heavy atom. The number of nitriles is 1. The van der Waals surface area contributed by atoms with Gasteiger partial charge in [-0.2, -0.15) is 5.26 Å². The molecule has 0 fully saturated rings. The maximum atomic E-state index is 8.42. The fraction of sp³-hybridized carbons (Fsp3) is 0.125. The first-order chi connectivity index (χ1) is 10.9. The Labute approximate surface area is 223 Å². The molecule has 0 bridgehead atoms. The zero-order chi connectivity index (χ0) is 17.8. The molecule has 0 radical (unpaired) electrons. The molecule has 0 saturated carbocycles. The molecule has 0 aliphatic rings. The average Bonchev–Trinajstić information content (AvgIpc) is 2.48. The zero-order valence-electron chi connectivity index (χ0n) is 12.7. The number of halogens is 5. The predicted molar refractivity (Wildman–Crippen MR) is 108 cm³/mol. The maximum absolute atomic E-state index is 8.42. The van der Waals surface area contributed by atoms with Gasteiger partial charge in [0.05, 0.1) is 12.5 Å². The Morgan fingerprint density at radius 3 is 1.42 bits per heavy atom. The van der Waals surface area contributed by atoms with Gasteiger partial charge in [0.2, 0.25) is 0 Å². The van der Waals surface area contributed by atoms with Crippen molar-refractivity contribution in [1.29, 1.82) is 10.5 Å². The second kappa shape index (κ2) is 16.4. The Morgan fingerprint density at radius 2 is 1.12 bits per heavy atom. The van der Waals surface area contributed by atoms with Crippen LogP contribution in [0.2, 0.25) is 0 Å². The molecule has 0 aromatic heterocycles. The number of alkyl halides is 1. The number of hydrogen-bond donors (Lipinski definition) is 0. The molecule has 0 spiro atoms. The van der Waals surface area contributed by atoms with Crippen molar-refractivity contribution in [3.05, 3.63) is 72.0 Å². The van der Waals surface area contributed by atoms with Crippen molar-refractivity contribution in [2.45, 2.75) is 12.3 Å². The standard InChI is InChI=1S/C8H5Br2N.C7H5Br2Cl.CN.K/c9-7-3-6(1-2-11)4-8(10)5-7;8-6-1-5(4-10)2-7(9)3-6;1-2;/h3-5H,1H2;1-3H,4H2;;/q;;-1;+1. The molecule has 24 heavy (non-hydrogen) atoms. The number of rotatable bonds is 2. The van der Waals surface area contributed by atoms with Gasteiger partial charge in [0.25, 0.3) is 0 Å². The molecule has 2 rings (SSSR count). The van der Waals surface area contributed by atoms with Crippen LogP contribution in [-0.2, 0) is 12.3 Å². The molecule has 0 saturated heterocycles. The molecule has 2 nitrogen and oxygen atoms in total. The summed E-state index contributed by atoms with van der Waals surface area (Å²) in [5.74, 6) is 0.554. The third-order valence-electron chi connectivity index (χ3n) is 2.28. The van der Waals surface area contributed by atoms with E-state index in [9.17, 15) is 0 Å². The van der Waals surface area contributed by atoms with Crippen LogP contribution >= 0.6 is 75.3 Å². The first kappa shape index (κ1) is 27.5. The average molecular weight is 624 g/mol. The Bertz CT molecular complexity index is 662. The first-order valence-corrected chi connectivity index (χ1v) is 9.70. The molecule has 2 aromatic rings. The van der Waals surface area contributed by atoms with Crippen LogP contribution in [0.15, 0.2) is 54.3 Å². The van der Waals surface area contributed by atoms with Crippen molar-refractivity contribution in [3.63, 3.8) is 0 Å². The normalized spacial score (nSPS) is 8.42. The van der Waals surface area contributed by atoms with E-state index >= 15 is 0 Å². The van der Waals surface area contributed by atoms with E-state index in [4.69, 9.17) is 28.7 Å². The van der Waals surface area contributed by atoms with E-state index in [0.29, 0.717) is 12.3 Å². The minimum atomic E-state index is 0. The monoisotopic (exact) mass is 620 g/mol. The number of hydrogen-bond acceptors (Lipinski definition) is 2. The SMILES string of the molecule is ClCc1cc(Br)cc(Br)c1.N#CCc1cc(Br)cc(Br)c1.[C-]#N.[K+]. The third kappa shape index (κ3) is 12.6. The van der Waals surface area contributed by atoms with E-state index in [1.165, 1.54) is 0 Å². The zero-order valence-corrected chi connectivity index (χ0v) is 22.9. The van der Waals surface area contributed by atoms with Crippen molar-refractivity contribution in [3.8, 4) is 6.07 Å². The topological polar surface area (TPSA) is 47.6 Å². The van der Waals surface area contributed by atoms with Gasteiger partial charge in [-0.1, -0.05) is 63.7 Å². The van der Waals surface area contributed by atoms with Crippen LogP contribution in [0, 0.1) is 23.2 Å². The van der Waals surface area contributed by atoms with E-state index in [2.05, 4.69) is 69.8 Å². The minimum Gasteiger partial charge on any atom is -0.512 e. The molecule has 2 aromatic carbocycles. The van der Waals surface area contributed by atoms with Gasteiger partial charge in [0.15, 0.2) is 0 Å². The summed E-state index contributed by atoms with van der Waals surface area (Å²) in [6.07, 6.45) is 0.456. The molecular weight excluding hydrogens is 614 g/mol. The van der Waals surface area contributed by atoms with Crippen LogP contribution in [0.3, 0.4) is 0 Å². The van der Waals surface area contributed by atoms with E-state index in [1.54, 1.807) is 0 Å². The fourth-order valence-electron chi connectivity index (χ4n) is 1.49. The molecule has 0 amide bonds. The Balaban J connectivity index is 0. The van der Waals surface area contributed by atoms with Gasteiger partial charge in [0, 0.05) is 23.8 Å². The summed E-state index contributed by atoms with van der Waals surface area (Å²) in [5.41, 5.74) is 2.14. The smallest absolute Gasteiger partial charge is 0.512 e. The van der Waals surface area contributed by atoms with Gasteiger partial charge in [0.1, 0.15) is 0 Å². The summed E-state index contributed by atoms with van der Waals surface area (Å²) in [7, 11) is 0. The summed E-state index contributed by atoms with van der Waals surface area (Å²) in [4.78, 5) is 0. The van der Waals surface area contributed by atoms with Gasteiger partial charge < -0.3 is 11.8 Å². The van der Waals surface area contributed by atoms with Gasteiger partial charge in [-0.3, -0.25) is 0 Å². The molecule has 0 atom stereocenters. The van der Waals surface area contributed by atoms with Crippen LogP contribution in [0.5, 0.6) is 0 Å². The van der Waals surface area contributed by atoms with Crippen LogP contribution < -0.4 is 51.4 Å². The van der Waals surface area contributed by atoms with Crippen molar-refractivity contribution < 1.29 is 51.4 Å². The van der Waals surface area contributed by atoms with Crippen molar-refractivity contribution >= 4 is 75.3 Å². The summed E-state index contributed by atoms with van der Waals surface area (Å²) >= 11 is 19.0. The van der Waals surface area contributed by atoms with Crippen LogP contribution in [0.4, 0.5) is 0 Å². The fourth-order valence-corrected chi connectivity index (χ4v) is 4.42. The van der Waals surface area contributed by atoms with E-state index in [0.717, 1.165) is 29.0 Å². The molecule has 0 aliphatic carbocycles. The van der Waals surface area contributed by atoms with Crippen molar-refractivity contribution in [2.75, 3.05) is 0 Å². The molecule has 120 valence electrons. The summed E-state index contributed by atoms with van der Waals surface area (Å²) in [6.45, 7) is 4.75. The van der Waals surface area contributed by atoms with Crippen molar-refractivity contribution in [2.24, 2.45) is 0 Å².